The molecule has 0 radical (unpaired) electrons. The first-order valence-corrected chi connectivity index (χ1v) is 5.71. The number of rotatable bonds is 5. The highest BCUT2D eigenvalue weighted by Gasteiger charge is 2.11. The zero-order valence-corrected chi connectivity index (χ0v) is 11.3. The topological polar surface area (TPSA) is 27.7 Å². The number of benzene rings is 1. The van der Waals surface area contributed by atoms with Crippen molar-refractivity contribution in [3.63, 3.8) is 0 Å². The Morgan fingerprint density at radius 3 is 2.67 bits per heavy atom. The fraction of sp³-hybridized carbons (Fsp3) is 0.455. The summed E-state index contributed by atoms with van der Waals surface area (Å²) in [6.07, 6.45) is 0.0722. The van der Waals surface area contributed by atoms with Gasteiger partial charge in [-0.2, -0.15) is 0 Å². The second-order valence-corrected chi connectivity index (χ2v) is 4.17. The normalized spacial score (nSPS) is 12.5. The average molecular weight is 322 g/mol. The Kier molecular flexibility index (Phi) is 5.35. The van der Waals surface area contributed by atoms with Crippen LogP contribution in [0.25, 0.3) is 0 Å². The molecule has 0 fully saturated rings. The Labute approximate surface area is 104 Å². The number of halogens is 1. The summed E-state index contributed by atoms with van der Waals surface area (Å²) >= 11 is 2.26. The molecule has 0 unspecified atom stereocenters. The molecule has 4 heteroatoms. The predicted molar refractivity (Wildman–Crippen MR) is 67.1 cm³/mol. The van der Waals surface area contributed by atoms with Gasteiger partial charge in [0.1, 0.15) is 5.75 Å². The lowest BCUT2D eigenvalue weighted by Crippen LogP contribution is -2.04. The second kappa shape index (κ2) is 6.30. The molecule has 0 amide bonds. The van der Waals surface area contributed by atoms with Gasteiger partial charge in [-0.05, 0) is 41.1 Å². The maximum atomic E-state index is 5.44. The molecule has 0 saturated heterocycles. The number of hydrogen-bond donors (Lipinski definition) is 0. The Balaban J connectivity index is 2.90. The molecule has 0 aliphatic carbocycles. The monoisotopic (exact) mass is 322 g/mol. The minimum absolute atomic E-state index is 0.0722. The van der Waals surface area contributed by atoms with Gasteiger partial charge in [0, 0.05) is 14.2 Å². The lowest BCUT2D eigenvalue weighted by Gasteiger charge is -2.15. The summed E-state index contributed by atoms with van der Waals surface area (Å²) in [4.78, 5) is 0. The van der Waals surface area contributed by atoms with E-state index in [1.54, 1.807) is 14.2 Å². The van der Waals surface area contributed by atoms with Crippen molar-refractivity contribution in [3.8, 4) is 5.75 Å². The van der Waals surface area contributed by atoms with Gasteiger partial charge in [-0.15, -0.1) is 0 Å². The van der Waals surface area contributed by atoms with Gasteiger partial charge < -0.3 is 14.2 Å². The van der Waals surface area contributed by atoms with Gasteiger partial charge in [0.25, 0.3) is 0 Å². The van der Waals surface area contributed by atoms with E-state index in [2.05, 4.69) is 22.6 Å². The maximum absolute atomic E-state index is 5.44. The molecule has 0 N–H and O–H groups in total. The van der Waals surface area contributed by atoms with Crippen molar-refractivity contribution in [3.05, 3.63) is 27.3 Å². The Bertz CT molecular complexity index is 315. The highest BCUT2D eigenvalue weighted by atomic mass is 127. The lowest BCUT2D eigenvalue weighted by molar-refractivity contribution is 0.0500. The average Bonchev–Trinajstić information content (AvgIpc) is 2.27. The highest BCUT2D eigenvalue weighted by molar-refractivity contribution is 14.1. The molecule has 0 aromatic heterocycles. The number of ether oxygens (including phenoxy) is 3. The van der Waals surface area contributed by atoms with E-state index in [0.717, 1.165) is 14.9 Å². The van der Waals surface area contributed by atoms with Crippen molar-refractivity contribution >= 4 is 22.6 Å². The SMILES string of the molecule is COCOc1cccc([C@H](C)OC)c1I. The van der Waals surface area contributed by atoms with Gasteiger partial charge in [0.15, 0.2) is 6.79 Å². The molecule has 84 valence electrons. The third kappa shape index (κ3) is 3.32. The van der Waals surface area contributed by atoms with Crippen LogP contribution in [0, 0.1) is 3.57 Å². The largest absolute Gasteiger partial charge is 0.466 e. The molecule has 3 nitrogen and oxygen atoms in total. The molecule has 1 aromatic rings. The van der Waals surface area contributed by atoms with E-state index in [1.807, 2.05) is 25.1 Å². The van der Waals surface area contributed by atoms with Gasteiger partial charge in [-0.25, -0.2) is 0 Å². The van der Waals surface area contributed by atoms with Crippen LogP contribution < -0.4 is 4.74 Å². The Hall–Kier alpha value is -0.330. The summed E-state index contributed by atoms with van der Waals surface area (Å²) in [6, 6.07) is 5.92. The van der Waals surface area contributed by atoms with Crippen molar-refractivity contribution in [1.29, 1.82) is 0 Å². The van der Waals surface area contributed by atoms with Crippen molar-refractivity contribution < 1.29 is 14.2 Å². The van der Waals surface area contributed by atoms with Crippen LogP contribution in [0.15, 0.2) is 18.2 Å². The fourth-order valence-corrected chi connectivity index (χ4v) is 2.16. The van der Waals surface area contributed by atoms with E-state index in [1.165, 1.54) is 0 Å². The molecular weight excluding hydrogens is 307 g/mol. The number of methoxy groups -OCH3 is 2. The summed E-state index contributed by atoms with van der Waals surface area (Å²) in [5, 5.41) is 0. The van der Waals surface area contributed by atoms with Gasteiger partial charge >= 0.3 is 0 Å². The van der Waals surface area contributed by atoms with Crippen LogP contribution >= 0.6 is 22.6 Å². The van der Waals surface area contributed by atoms with Crippen LogP contribution in [0.5, 0.6) is 5.75 Å². The van der Waals surface area contributed by atoms with E-state index in [0.29, 0.717) is 0 Å². The standard InChI is InChI=1S/C11H15IO3/c1-8(14-3)9-5-4-6-10(11(9)12)15-7-13-2/h4-6,8H,7H2,1-3H3/t8-/m0/s1. The summed E-state index contributed by atoms with van der Waals surface area (Å²) in [6.45, 7) is 2.28. The van der Waals surface area contributed by atoms with Crippen LogP contribution in [0.1, 0.15) is 18.6 Å². The molecule has 0 saturated carbocycles. The summed E-state index contributed by atoms with van der Waals surface area (Å²) in [7, 11) is 3.30. The maximum Gasteiger partial charge on any atom is 0.188 e. The van der Waals surface area contributed by atoms with Crippen molar-refractivity contribution in [2.75, 3.05) is 21.0 Å². The van der Waals surface area contributed by atoms with Gasteiger partial charge in [-0.3, -0.25) is 0 Å². The van der Waals surface area contributed by atoms with Crippen LogP contribution in [0.2, 0.25) is 0 Å². The summed E-state index contributed by atoms with van der Waals surface area (Å²) in [5.74, 6) is 0.832. The molecule has 0 spiro atoms. The van der Waals surface area contributed by atoms with Crippen LogP contribution in [0.3, 0.4) is 0 Å². The Morgan fingerprint density at radius 1 is 1.33 bits per heavy atom. The van der Waals surface area contributed by atoms with E-state index in [9.17, 15) is 0 Å². The summed E-state index contributed by atoms with van der Waals surface area (Å²) < 4.78 is 16.7. The minimum Gasteiger partial charge on any atom is -0.466 e. The van der Waals surface area contributed by atoms with Crippen molar-refractivity contribution in [2.24, 2.45) is 0 Å². The molecule has 0 aliphatic heterocycles. The fourth-order valence-electron chi connectivity index (χ4n) is 1.20. The molecule has 0 heterocycles. The number of hydrogen-bond acceptors (Lipinski definition) is 3. The van der Waals surface area contributed by atoms with E-state index < -0.39 is 0 Å². The van der Waals surface area contributed by atoms with Gasteiger partial charge in [-0.1, -0.05) is 12.1 Å². The Morgan fingerprint density at radius 2 is 2.07 bits per heavy atom. The predicted octanol–water partition coefficient (Wildman–Crippen LogP) is 2.98. The molecule has 0 aliphatic rings. The van der Waals surface area contributed by atoms with Crippen LogP contribution in [0.4, 0.5) is 0 Å². The van der Waals surface area contributed by atoms with Gasteiger partial charge in [0.2, 0.25) is 0 Å². The highest BCUT2D eigenvalue weighted by Crippen LogP contribution is 2.29. The second-order valence-electron chi connectivity index (χ2n) is 3.09. The quantitative estimate of drug-likeness (QED) is 0.616. The van der Waals surface area contributed by atoms with E-state index >= 15 is 0 Å². The first-order valence-electron chi connectivity index (χ1n) is 4.63. The van der Waals surface area contributed by atoms with Gasteiger partial charge in [0.05, 0.1) is 9.67 Å². The molecule has 1 atom stereocenters. The first kappa shape index (κ1) is 12.7. The minimum atomic E-state index is 0.0722. The van der Waals surface area contributed by atoms with Crippen molar-refractivity contribution in [1.82, 2.24) is 0 Å². The molecule has 0 bridgehead atoms. The molecule has 15 heavy (non-hydrogen) atoms. The van der Waals surface area contributed by atoms with Crippen LogP contribution in [-0.4, -0.2) is 21.0 Å². The van der Waals surface area contributed by atoms with E-state index in [-0.39, 0.29) is 12.9 Å². The van der Waals surface area contributed by atoms with Crippen LogP contribution in [-0.2, 0) is 9.47 Å². The zero-order chi connectivity index (χ0) is 11.3. The molecule has 1 aromatic carbocycles. The third-order valence-corrected chi connectivity index (χ3v) is 3.27. The molecule has 1 rings (SSSR count). The lowest BCUT2D eigenvalue weighted by atomic mass is 10.1. The smallest absolute Gasteiger partial charge is 0.188 e. The van der Waals surface area contributed by atoms with Crippen molar-refractivity contribution in [2.45, 2.75) is 13.0 Å². The first-order chi connectivity index (χ1) is 7.20. The zero-order valence-electron chi connectivity index (χ0n) is 9.12. The third-order valence-electron chi connectivity index (χ3n) is 2.12. The molecular formula is C11H15IO3. The summed E-state index contributed by atoms with van der Waals surface area (Å²) in [5.41, 5.74) is 1.13. The van der Waals surface area contributed by atoms with E-state index in [4.69, 9.17) is 14.2 Å².